The highest BCUT2D eigenvalue weighted by atomic mass is 32.2. The fourth-order valence-electron chi connectivity index (χ4n) is 4.27. The summed E-state index contributed by atoms with van der Waals surface area (Å²) in [5, 5.41) is 11.6. The van der Waals surface area contributed by atoms with Crippen molar-refractivity contribution in [1.82, 2.24) is 14.9 Å². The van der Waals surface area contributed by atoms with E-state index in [0.29, 0.717) is 45.1 Å². The highest BCUT2D eigenvalue weighted by Crippen LogP contribution is 2.30. The third kappa shape index (κ3) is 5.30. The van der Waals surface area contributed by atoms with Crippen LogP contribution in [0.3, 0.4) is 0 Å². The lowest BCUT2D eigenvalue weighted by atomic mass is 10.2. The van der Waals surface area contributed by atoms with Crippen LogP contribution in [0.2, 0.25) is 0 Å². The molecule has 0 spiro atoms. The van der Waals surface area contributed by atoms with Gasteiger partial charge in [0, 0.05) is 57.1 Å². The second kappa shape index (κ2) is 10.4. The van der Waals surface area contributed by atoms with Crippen LogP contribution in [0, 0.1) is 10.1 Å². The summed E-state index contributed by atoms with van der Waals surface area (Å²) in [4.78, 5) is 39.4. The van der Waals surface area contributed by atoms with Crippen LogP contribution in [0.1, 0.15) is 0 Å². The first-order chi connectivity index (χ1) is 17.1. The number of nitro groups is 1. The lowest BCUT2D eigenvalue weighted by molar-refractivity contribution is -0.384. The molecule has 2 fully saturated rings. The zero-order valence-electron chi connectivity index (χ0n) is 19.2. The maximum absolute atomic E-state index is 13.0. The number of nitrogens with zero attached hydrogens (tertiary/aromatic N) is 6. The zero-order valence-corrected chi connectivity index (χ0v) is 20.0. The zero-order chi connectivity index (χ0) is 24.2. The van der Waals surface area contributed by atoms with Crippen molar-refractivity contribution in [3.8, 4) is 0 Å². The van der Waals surface area contributed by atoms with Gasteiger partial charge in [0.1, 0.15) is 5.03 Å². The number of hydrogen-bond acceptors (Lipinski definition) is 9. The predicted octanol–water partition coefficient (Wildman–Crippen LogP) is 2.82. The van der Waals surface area contributed by atoms with Gasteiger partial charge < -0.3 is 19.4 Å². The molecule has 5 rings (SSSR count). The normalized spacial score (nSPS) is 16.5. The number of nitro benzene ring substituents is 1. The molecule has 2 saturated heterocycles. The van der Waals surface area contributed by atoms with Gasteiger partial charge in [0.25, 0.3) is 5.69 Å². The van der Waals surface area contributed by atoms with Crippen LogP contribution in [0.5, 0.6) is 0 Å². The number of fused-ring (bicyclic) bond motifs is 1. The third-order valence-electron chi connectivity index (χ3n) is 6.22. The van der Waals surface area contributed by atoms with Crippen molar-refractivity contribution in [3.63, 3.8) is 0 Å². The minimum absolute atomic E-state index is 0.0706. The Kier molecular flexibility index (Phi) is 6.96. The maximum Gasteiger partial charge on any atom is 0.269 e. The summed E-state index contributed by atoms with van der Waals surface area (Å²) in [6, 6.07) is 14.3. The fraction of sp³-hybridized carbons (Fsp3) is 0.375. The van der Waals surface area contributed by atoms with Crippen molar-refractivity contribution in [2.75, 3.05) is 68.0 Å². The van der Waals surface area contributed by atoms with Gasteiger partial charge in [0.05, 0.1) is 34.9 Å². The van der Waals surface area contributed by atoms with Crippen molar-refractivity contribution < 1.29 is 14.5 Å². The van der Waals surface area contributed by atoms with Gasteiger partial charge in [-0.3, -0.25) is 14.9 Å². The molecule has 1 amide bonds. The number of morpholine rings is 1. The van der Waals surface area contributed by atoms with Crippen LogP contribution in [0.4, 0.5) is 17.2 Å². The minimum Gasteiger partial charge on any atom is -0.378 e. The van der Waals surface area contributed by atoms with E-state index in [0.717, 1.165) is 40.7 Å². The Morgan fingerprint density at radius 2 is 1.57 bits per heavy atom. The number of amides is 1. The standard InChI is InChI=1S/C24H26N6O4S/c31-22(28-11-9-27(10-12-28)18-5-7-19(8-6-18)30(32)33)17-35-24-23(29-13-15-34-16-14-29)25-20-3-1-2-4-21(20)26-24/h1-8H,9-17H2. The summed E-state index contributed by atoms with van der Waals surface area (Å²) >= 11 is 1.43. The van der Waals surface area contributed by atoms with E-state index in [-0.39, 0.29) is 11.6 Å². The quantitative estimate of drug-likeness (QED) is 0.291. The van der Waals surface area contributed by atoms with Gasteiger partial charge in [0.15, 0.2) is 5.82 Å². The number of aromatic nitrogens is 2. The molecule has 3 heterocycles. The van der Waals surface area contributed by atoms with Crippen molar-refractivity contribution >= 4 is 45.9 Å². The lowest BCUT2D eigenvalue weighted by Crippen LogP contribution is -2.49. The van der Waals surface area contributed by atoms with E-state index in [1.165, 1.54) is 23.9 Å². The predicted molar refractivity (Wildman–Crippen MR) is 135 cm³/mol. The van der Waals surface area contributed by atoms with Crippen LogP contribution in [-0.4, -0.2) is 83.9 Å². The second-order valence-corrected chi connectivity index (χ2v) is 9.33. The number of benzene rings is 2. The number of piperazine rings is 1. The largest absolute Gasteiger partial charge is 0.378 e. The summed E-state index contributed by atoms with van der Waals surface area (Å²) in [7, 11) is 0. The van der Waals surface area contributed by atoms with Crippen LogP contribution < -0.4 is 9.80 Å². The molecular weight excluding hydrogens is 468 g/mol. The summed E-state index contributed by atoms with van der Waals surface area (Å²) < 4.78 is 5.49. The van der Waals surface area contributed by atoms with Crippen LogP contribution in [-0.2, 0) is 9.53 Å². The summed E-state index contributed by atoms with van der Waals surface area (Å²) in [5.41, 5.74) is 2.66. The van der Waals surface area contributed by atoms with Gasteiger partial charge in [-0.2, -0.15) is 0 Å². The van der Waals surface area contributed by atoms with E-state index in [4.69, 9.17) is 14.7 Å². The van der Waals surface area contributed by atoms with Crippen molar-refractivity contribution in [2.24, 2.45) is 0 Å². The molecule has 1 aromatic heterocycles. The molecule has 0 unspecified atom stereocenters. The number of ether oxygens (including phenoxy) is 1. The van der Waals surface area contributed by atoms with Gasteiger partial charge >= 0.3 is 0 Å². The molecule has 10 nitrogen and oxygen atoms in total. The Labute approximate surface area is 207 Å². The fourth-order valence-corrected chi connectivity index (χ4v) is 5.18. The third-order valence-corrected chi connectivity index (χ3v) is 7.16. The molecule has 3 aromatic rings. The average Bonchev–Trinajstić information content (AvgIpc) is 2.92. The Morgan fingerprint density at radius 1 is 0.914 bits per heavy atom. The molecule has 182 valence electrons. The average molecular weight is 495 g/mol. The topological polar surface area (TPSA) is 105 Å². The molecule has 0 N–H and O–H groups in total. The first-order valence-electron chi connectivity index (χ1n) is 11.6. The summed E-state index contributed by atoms with van der Waals surface area (Å²) in [6.07, 6.45) is 0. The van der Waals surface area contributed by atoms with Gasteiger partial charge in [0.2, 0.25) is 5.91 Å². The molecule has 0 aliphatic carbocycles. The van der Waals surface area contributed by atoms with E-state index in [9.17, 15) is 14.9 Å². The SMILES string of the molecule is O=C(CSc1nc2ccccc2nc1N1CCOCC1)N1CCN(c2ccc([N+](=O)[O-])cc2)CC1. The van der Waals surface area contributed by atoms with Gasteiger partial charge in [-0.15, -0.1) is 0 Å². The van der Waals surface area contributed by atoms with Crippen LogP contribution >= 0.6 is 11.8 Å². The number of carbonyl (C=O) groups is 1. The van der Waals surface area contributed by atoms with E-state index in [2.05, 4.69) is 9.80 Å². The Morgan fingerprint density at radius 3 is 2.23 bits per heavy atom. The smallest absolute Gasteiger partial charge is 0.269 e. The number of thioether (sulfide) groups is 1. The molecule has 35 heavy (non-hydrogen) atoms. The monoisotopic (exact) mass is 494 g/mol. The molecule has 11 heteroatoms. The Hall–Kier alpha value is -3.44. The molecule has 0 saturated carbocycles. The van der Waals surface area contributed by atoms with Crippen molar-refractivity contribution in [2.45, 2.75) is 5.03 Å². The van der Waals surface area contributed by atoms with E-state index < -0.39 is 4.92 Å². The molecule has 0 radical (unpaired) electrons. The molecular formula is C24H26N6O4S. The first-order valence-corrected chi connectivity index (χ1v) is 12.6. The number of carbonyl (C=O) groups excluding carboxylic acids is 1. The van der Waals surface area contributed by atoms with Crippen LogP contribution in [0.15, 0.2) is 53.6 Å². The molecule has 2 aliphatic heterocycles. The van der Waals surface area contributed by atoms with E-state index in [1.54, 1.807) is 12.1 Å². The highest BCUT2D eigenvalue weighted by molar-refractivity contribution is 8.00. The summed E-state index contributed by atoms with van der Waals surface area (Å²) in [6.45, 7) is 5.38. The van der Waals surface area contributed by atoms with Gasteiger partial charge in [-0.25, -0.2) is 9.97 Å². The minimum atomic E-state index is -0.400. The second-order valence-electron chi connectivity index (χ2n) is 8.37. The number of non-ortho nitro benzene ring substituents is 1. The van der Waals surface area contributed by atoms with Gasteiger partial charge in [-0.1, -0.05) is 23.9 Å². The molecule has 0 atom stereocenters. The highest BCUT2D eigenvalue weighted by Gasteiger charge is 2.24. The molecule has 2 aliphatic rings. The number of hydrogen-bond donors (Lipinski definition) is 0. The van der Waals surface area contributed by atoms with Crippen molar-refractivity contribution in [3.05, 3.63) is 58.6 Å². The molecule has 0 bridgehead atoms. The van der Waals surface area contributed by atoms with E-state index in [1.807, 2.05) is 29.2 Å². The van der Waals surface area contributed by atoms with Crippen molar-refractivity contribution in [1.29, 1.82) is 0 Å². The Balaban J connectivity index is 1.22. The van der Waals surface area contributed by atoms with Crippen LogP contribution in [0.25, 0.3) is 11.0 Å². The Bertz CT molecular complexity index is 1210. The number of anilines is 2. The lowest BCUT2D eigenvalue weighted by Gasteiger charge is -2.36. The number of para-hydroxylation sites is 2. The number of rotatable bonds is 6. The van der Waals surface area contributed by atoms with Gasteiger partial charge in [-0.05, 0) is 24.3 Å². The summed E-state index contributed by atoms with van der Waals surface area (Å²) in [5.74, 6) is 1.18. The maximum atomic E-state index is 13.0. The molecule has 2 aromatic carbocycles. The first kappa shape index (κ1) is 23.3. The van der Waals surface area contributed by atoms with E-state index >= 15 is 0 Å².